The summed E-state index contributed by atoms with van der Waals surface area (Å²) in [6.07, 6.45) is 0.492. The zero-order valence-electron chi connectivity index (χ0n) is 23.9. The fraction of sp³-hybridized carbons (Fsp3) is 0.593. The third-order valence-corrected chi connectivity index (χ3v) is 10.7. The quantitative estimate of drug-likeness (QED) is 0.170. The number of aromatic nitrogens is 4. The number of imidazole rings is 1. The molecule has 0 N–H and O–H groups in total. The van der Waals surface area contributed by atoms with E-state index in [2.05, 4.69) is 71.9 Å². The van der Waals surface area contributed by atoms with Crippen molar-refractivity contribution in [1.29, 1.82) is 0 Å². The van der Waals surface area contributed by atoms with Crippen LogP contribution in [0.2, 0.25) is 51.4 Å². The van der Waals surface area contributed by atoms with Crippen molar-refractivity contribution in [2.45, 2.75) is 91.3 Å². The van der Waals surface area contributed by atoms with Crippen molar-refractivity contribution in [2.75, 3.05) is 13.2 Å². The van der Waals surface area contributed by atoms with E-state index in [0.29, 0.717) is 39.6 Å². The maximum absolute atomic E-state index is 12.4. The van der Waals surface area contributed by atoms with Crippen LogP contribution in [-0.4, -0.2) is 59.5 Å². The molecule has 11 heteroatoms. The lowest BCUT2D eigenvalue weighted by atomic mass is 10.2. The summed E-state index contributed by atoms with van der Waals surface area (Å²) in [5.74, 6) is 0.936. The van der Waals surface area contributed by atoms with Crippen LogP contribution in [0.3, 0.4) is 0 Å². The van der Waals surface area contributed by atoms with Crippen LogP contribution in [0.1, 0.15) is 24.7 Å². The lowest BCUT2D eigenvalue weighted by molar-refractivity contribution is -0.131. The number of hydrogen-bond donors (Lipinski definition) is 0. The van der Waals surface area contributed by atoms with Crippen LogP contribution in [-0.2, 0) is 40.8 Å². The normalized spacial score (nSPS) is 14.1. The number of nitrogens with zero attached hydrogens (tertiary/aromatic N) is 5. The molecule has 0 bridgehead atoms. The Morgan fingerprint density at radius 3 is 2.29 bits per heavy atom. The monoisotopic (exact) mass is 619 g/mol. The van der Waals surface area contributed by atoms with Gasteiger partial charge in [0.15, 0.2) is 5.82 Å². The lowest BCUT2D eigenvalue weighted by Gasteiger charge is -2.18. The van der Waals surface area contributed by atoms with Gasteiger partial charge in [0.05, 0.1) is 30.0 Å². The molecule has 0 saturated heterocycles. The molecule has 38 heavy (non-hydrogen) atoms. The summed E-state index contributed by atoms with van der Waals surface area (Å²) in [7, 11) is -2.38. The van der Waals surface area contributed by atoms with Gasteiger partial charge in [0, 0.05) is 45.6 Å². The molecule has 0 fully saturated rings. The number of benzene rings is 1. The van der Waals surface area contributed by atoms with E-state index < -0.39 is 16.1 Å². The average Bonchev–Trinajstić information content (AvgIpc) is 3.49. The summed E-state index contributed by atoms with van der Waals surface area (Å²) in [6, 6.07) is 8.42. The highest BCUT2D eigenvalue weighted by atomic mass is 79.9. The highest BCUT2D eigenvalue weighted by molar-refractivity contribution is 9.10. The highest BCUT2D eigenvalue weighted by Gasteiger charge is 2.31. The van der Waals surface area contributed by atoms with E-state index in [1.807, 2.05) is 22.6 Å². The van der Waals surface area contributed by atoms with Gasteiger partial charge < -0.3 is 18.9 Å². The summed E-state index contributed by atoms with van der Waals surface area (Å²) in [5.41, 5.74) is 3.79. The predicted octanol–water partition coefficient (Wildman–Crippen LogP) is 6.54. The molecule has 208 valence electrons. The average molecular weight is 621 g/mol. The molecule has 1 aromatic carbocycles. The number of fused-ring (bicyclic) bond motifs is 2. The Morgan fingerprint density at radius 2 is 1.66 bits per heavy atom. The van der Waals surface area contributed by atoms with Gasteiger partial charge in [-0.3, -0.25) is 4.79 Å². The minimum absolute atomic E-state index is 0.144. The van der Waals surface area contributed by atoms with Crippen LogP contribution < -0.4 is 0 Å². The third-order valence-electron chi connectivity index (χ3n) is 6.84. The molecular formula is C27H42BrN5O3Si2. The number of ether oxygens (including phenoxy) is 2. The molecule has 1 aliphatic rings. The number of carbonyl (C=O) groups excluding carboxylic acids is 1. The van der Waals surface area contributed by atoms with Gasteiger partial charge >= 0.3 is 0 Å². The molecule has 1 aliphatic heterocycles. The maximum atomic E-state index is 12.4. The molecule has 3 aromatic rings. The zero-order valence-corrected chi connectivity index (χ0v) is 27.5. The topological polar surface area (TPSA) is 74.4 Å². The van der Waals surface area contributed by atoms with Crippen LogP contribution in [0.25, 0.3) is 22.4 Å². The van der Waals surface area contributed by atoms with Crippen molar-refractivity contribution >= 4 is 48.9 Å². The number of hydrogen-bond acceptors (Lipinski definition) is 5. The van der Waals surface area contributed by atoms with Crippen LogP contribution in [0.15, 0.2) is 22.7 Å². The summed E-state index contributed by atoms with van der Waals surface area (Å²) in [6.45, 7) is 19.4. The first-order valence-corrected chi connectivity index (χ1v) is 21.7. The molecular weight excluding hydrogens is 578 g/mol. The van der Waals surface area contributed by atoms with Gasteiger partial charge in [-0.15, -0.1) is 0 Å². The number of halogens is 1. The summed E-state index contributed by atoms with van der Waals surface area (Å²) < 4.78 is 17.3. The van der Waals surface area contributed by atoms with Gasteiger partial charge in [-0.25, -0.2) is 9.67 Å². The first-order valence-electron chi connectivity index (χ1n) is 13.5. The smallest absolute Gasteiger partial charge is 0.222 e. The largest absolute Gasteiger partial charge is 0.361 e. The maximum Gasteiger partial charge on any atom is 0.222 e. The van der Waals surface area contributed by atoms with Crippen molar-refractivity contribution in [3.8, 4) is 11.5 Å². The highest BCUT2D eigenvalue weighted by Crippen LogP contribution is 2.34. The first kappa shape index (κ1) is 29.2. The molecule has 0 radical (unpaired) electrons. The minimum Gasteiger partial charge on any atom is -0.361 e. The second-order valence-corrected chi connectivity index (χ2v) is 24.7. The number of rotatable bonds is 12. The van der Waals surface area contributed by atoms with Gasteiger partial charge in [-0.2, -0.15) is 5.10 Å². The van der Waals surface area contributed by atoms with Gasteiger partial charge in [0.2, 0.25) is 5.91 Å². The summed E-state index contributed by atoms with van der Waals surface area (Å²) >= 11 is 3.62. The van der Waals surface area contributed by atoms with Crippen LogP contribution in [0.4, 0.5) is 0 Å². The number of carbonyl (C=O) groups is 1. The zero-order chi connectivity index (χ0) is 27.7. The van der Waals surface area contributed by atoms with Gasteiger partial charge in [-0.05, 0) is 30.3 Å². The molecule has 8 nitrogen and oxygen atoms in total. The molecule has 0 atom stereocenters. The van der Waals surface area contributed by atoms with Crippen LogP contribution in [0.5, 0.6) is 0 Å². The second-order valence-electron chi connectivity index (χ2n) is 12.6. The molecule has 0 saturated carbocycles. The Kier molecular flexibility index (Phi) is 9.03. The molecule has 1 amide bonds. The molecule has 0 unspecified atom stereocenters. The minimum atomic E-state index is -1.21. The van der Waals surface area contributed by atoms with Gasteiger partial charge in [0.25, 0.3) is 0 Å². The van der Waals surface area contributed by atoms with E-state index in [9.17, 15) is 4.79 Å². The molecule has 2 aromatic heterocycles. The van der Waals surface area contributed by atoms with Crippen molar-refractivity contribution < 1.29 is 14.3 Å². The van der Waals surface area contributed by atoms with E-state index in [1.165, 1.54) is 0 Å². The Bertz CT molecular complexity index is 1290. The Morgan fingerprint density at radius 1 is 1.00 bits per heavy atom. The van der Waals surface area contributed by atoms with E-state index in [1.54, 1.807) is 0 Å². The SMILES string of the molecule is CCC(=O)N1Cc2nc(-c3nn(COCC[Si](C)(C)C)c4cc(Br)ccc34)n(COCC[Si](C)(C)C)c2C1. The second kappa shape index (κ2) is 11.8. The van der Waals surface area contributed by atoms with Gasteiger partial charge in [-0.1, -0.05) is 62.1 Å². The number of amides is 1. The summed E-state index contributed by atoms with van der Waals surface area (Å²) in [4.78, 5) is 19.4. The standard InChI is InChI=1S/C27H42BrN5O3Si2/c1-8-25(34)31-16-22-24(17-31)32(18-35-11-13-37(2,3)4)27(29-22)26-21-10-9-20(28)15-23(21)33(30-26)19-36-12-14-38(5,6)7/h9-10,15H,8,11-14,16-19H2,1-7H3. The Labute approximate surface area is 236 Å². The third kappa shape index (κ3) is 7.04. The fourth-order valence-electron chi connectivity index (χ4n) is 4.45. The Hall–Kier alpha value is -1.80. The summed E-state index contributed by atoms with van der Waals surface area (Å²) in [5, 5.41) is 6.04. The Balaban J connectivity index is 1.67. The fourth-order valence-corrected chi connectivity index (χ4v) is 6.31. The van der Waals surface area contributed by atoms with Crippen LogP contribution >= 0.6 is 15.9 Å². The van der Waals surface area contributed by atoms with E-state index in [-0.39, 0.29) is 5.91 Å². The van der Waals surface area contributed by atoms with Crippen LogP contribution in [0, 0.1) is 0 Å². The molecule has 0 spiro atoms. The predicted molar refractivity (Wildman–Crippen MR) is 161 cm³/mol. The van der Waals surface area contributed by atoms with Crippen molar-refractivity contribution in [3.63, 3.8) is 0 Å². The molecule has 3 heterocycles. The van der Waals surface area contributed by atoms with E-state index in [0.717, 1.165) is 57.0 Å². The van der Waals surface area contributed by atoms with E-state index in [4.69, 9.17) is 19.6 Å². The lowest BCUT2D eigenvalue weighted by Crippen LogP contribution is -2.25. The van der Waals surface area contributed by atoms with E-state index >= 15 is 0 Å². The molecule has 4 rings (SSSR count). The first-order chi connectivity index (χ1) is 17.9. The van der Waals surface area contributed by atoms with Crippen molar-refractivity contribution in [3.05, 3.63) is 34.1 Å². The van der Waals surface area contributed by atoms with Crippen molar-refractivity contribution in [1.82, 2.24) is 24.2 Å². The van der Waals surface area contributed by atoms with Crippen molar-refractivity contribution in [2.24, 2.45) is 0 Å². The van der Waals surface area contributed by atoms with Gasteiger partial charge in [0.1, 0.15) is 19.2 Å². The molecule has 0 aliphatic carbocycles.